The summed E-state index contributed by atoms with van der Waals surface area (Å²) in [6, 6.07) is 5.40. The summed E-state index contributed by atoms with van der Waals surface area (Å²) in [7, 11) is 4.69. The van der Waals surface area contributed by atoms with Gasteiger partial charge < -0.3 is 20.2 Å². The van der Waals surface area contributed by atoms with Gasteiger partial charge in [-0.15, -0.1) is 0 Å². The Balaban J connectivity index is 2.68. The summed E-state index contributed by atoms with van der Waals surface area (Å²) in [5, 5.41) is 11.4. The minimum absolute atomic E-state index is 0.0581. The number of aromatic carboxylic acids is 1. The van der Waals surface area contributed by atoms with Gasteiger partial charge in [0.1, 0.15) is 6.54 Å². The van der Waals surface area contributed by atoms with Crippen LogP contribution in [0.15, 0.2) is 24.3 Å². The average Bonchev–Trinajstić information content (AvgIpc) is 2.38. The number of carboxylic acids is 1. The highest BCUT2D eigenvalue weighted by molar-refractivity contribution is 5.94. The number of hydrogen-bond donors (Lipinski definition) is 2. The molecule has 0 saturated carbocycles. The summed E-state index contributed by atoms with van der Waals surface area (Å²) in [5.41, 5.74) is 0.439. The van der Waals surface area contributed by atoms with Crippen molar-refractivity contribution in [3.63, 3.8) is 0 Å². The summed E-state index contributed by atoms with van der Waals surface area (Å²) >= 11 is 0. The highest BCUT2D eigenvalue weighted by Gasteiger charge is 2.14. The third-order valence-electron chi connectivity index (χ3n) is 2.58. The highest BCUT2D eigenvalue weighted by atomic mass is 16.4. The number of benzene rings is 1. The molecule has 20 heavy (non-hydrogen) atoms. The van der Waals surface area contributed by atoms with Gasteiger partial charge >= 0.3 is 12.0 Å². The summed E-state index contributed by atoms with van der Waals surface area (Å²) in [4.78, 5) is 36.8. The van der Waals surface area contributed by atoms with Gasteiger partial charge in [0.2, 0.25) is 5.91 Å². The number of rotatable bonds is 4. The average molecular weight is 279 g/mol. The molecule has 0 heterocycles. The van der Waals surface area contributed by atoms with Crippen LogP contribution in [0.2, 0.25) is 0 Å². The second-order valence-electron chi connectivity index (χ2n) is 4.46. The van der Waals surface area contributed by atoms with Crippen molar-refractivity contribution in [2.45, 2.75) is 0 Å². The fraction of sp³-hybridized carbons (Fsp3) is 0.308. The van der Waals surface area contributed by atoms with Crippen molar-refractivity contribution in [1.82, 2.24) is 9.80 Å². The Labute approximate surface area is 116 Å². The van der Waals surface area contributed by atoms with Crippen LogP contribution in [0, 0.1) is 0 Å². The van der Waals surface area contributed by atoms with E-state index in [9.17, 15) is 14.4 Å². The summed E-state index contributed by atoms with van der Waals surface area (Å²) in [6.45, 7) is -0.0581. The zero-order chi connectivity index (χ0) is 15.3. The topological polar surface area (TPSA) is 90.0 Å². The molecule has 0 fully saturated rings. The monoisotopic (exact) mass is 279 g/mol. The first-order valence-electron chi connectivity index (χ1n) is 5.87. The molecule has 1 aromatic rings. The molecule has 0 unspecified atom stereocenters. The van der Waals surface area contributed by atoms with E-state index in [4.69, 9.17) is 5.11 Å². The van der Waals surface area contributed by atoms with E-state index in [2.05, 4.69) is 5.32 Å². The maximum Gasteiger partial charge on any atom is 0.335 e. The summed E-state index contributed by atoms with van der Waals surface area (Å²) in [6.07, 6.45) is 0. The van der Waals surface area contributed by atoms with Gasteiger partial charge in [-0.3, -0.25) is 4.79 Å². The van der Waals surface area contributed by atoms with Crippen LogP contribution in [-0.2, 0) is 4.79 Å². The van der Waals surface area contributed by atoms with E-state index in [1.165, 1.54) is 35.0 Å². The molecule has 0 aliphatic carbocycles. The lowest BCUT2D eigenvalue weighted by Crippen LogP contribution is -2.39. The smallest absolute Gasteiger partial charge is 0.335 e. The molecule has 0 spiro atoms. The highest BCUT2D eigenvalue weighted by Crippen LogP contribution is 2.11. The quantitative estimate of drug-likeness (QED) is 0.858. The lowest BCUT2D eigenvalue weighted by atomic mass is 10.2. The third kappa shape index (κ3) is 4.27. The number of amides is 3. The fourth-order valence-corrected chi connectivity index (χ4v) is 1.37. The summed E-state index contributed by atoms with van der Waals surface area (Å²) in [5.74, 6) is -1.28. The van der Waals surface area contributed by atoms with Gasteiger partial charge in [0.25, 0.3) is 0 Å². The molecule has 0 aliphatic rings. The van der Waals surface area contributed by atoms with E-state index >= 15 is 0 Å². The maximum absolute atomic E-state index is 11.8. The van der Waals surface area contributed by atoms with Crippen LogP contribution in [0.25, 0.3) is 0 Å². The Bertz CT molecular complexity index is 528. The van der Waals surface area contributed by atoms with Crippen molar-refractivity contribution in [1.29, 1.82) is 0 Å². The van der Waals surface area contributed by atoms with Crippen molar-refractivity contribution >= 4 is 23.6 Å². The van der Waals surface area contributed by atoms with Gasteiger partial charge in [0.15, 0.2) is 0 Å². The van der Waals surface area contributed by atoms with Crippen molar-refractivity contribution < 1.29 is 19.5 Å². The number of nitrogens with one attached hydrogen (secondary N) is 1. The number of carbonyl (C=O) groups is 3. The standard InChI is InChI=1S/C13H17N3O4/c1-15(2)11(17)8-16(3)13(20)14-10-6-4-5-9(7-10)12(18)19/h4-7H,8H2,1-3H3,(H,14,20)(H,18,19). The maximum atomic E-state index is 11.8. The van der Waals surface area contributed by atoms with Gasteiger partial charge in [-0.25, -0.2) is 9.59 Å². The van der Waals surface area contributed by atoms with Crippen LogP contribution < -0.4 is 5.32 Å². The molecule has 3 amide bonds. The van der Waals surface area contributed by atoms with Crippen molar-refractivity contribution in [2.24, 2.45) is 0 Å². The second-order valence-corrected chi connectivity index (χ2v) is 4.46. The molecule has 2 N–H and O–H groups in total. The van der Waals surface area contributed by atoms with E-state index < -0.39 is 12.0 Å². The van der Waals surface area contributed by atoms with Crippen molar-refractivity contribution in [2.75, 3.05) is 33.0 Å². The number of urea groups is 1. The molecule has 0 bridgehead atoms. The summed E-state index contributed by atoms with van der Waals surface area (Å²) < 4.78 is 0. The zero-order valence-electron chi connectivity index (χ0n) is 11.6. The van der Waals surface area contributed by atoms with Gasteiger partial charge in [-0.1, -0.05) is 6.07 Å². The Morgan fingerprint density at radius 3 is 2.40 bits per heavy atom. The molecule has 0 aromatic heterocycles. The Morgan fingerprint density at radius 2 is 1.85 bits per heavy atom. The number of carbonyl (C=O) groups excluding carboxylic acids is 2. The Morgan fingerprint density at radius 1 is 1.20 bits per heavy atom. The Kier molecular flexibility index (Phi) is 5.08. The molecule has 7 heteroatoms. The van der Waals surface area contributed by atoms with Crippen LogP contribution in [0.1, 0.15) is 10.4 Å². The predicted molar refractivity (Wildman–Crippen MR) is 73.7 cm³/mol. The Hall–Kier alpha value is -2.57. The first-order chi connectivity index (χ1) is 9.31. The van der Waals surface area contributed by atoms with Crippen LogP contribution in [0.3, 0.4) is 0 Å². The lowest BCUT2D eigenvalue weighted by Gasteiger charge is -2.19. The van der Waals surface area contributed by atoms with Crippen molar-refractivity contribution in [3.8, 4) is 0 Å². The number of likely N-dealkylation sites (N-methyl/N-ethyl adjacent to an activating group) is 2. The number of carboxylic acid groups (broad SMARTS) is 1. The van der Waals surface area contributed by atoms with Crippen LogP contribution in [-0.4, -0.2) is 60.5 Å². The van der Waals surface area contributed by atoms with E-state index in [0.29, 0.717) is 5.69 Å². The minimum atomic E-state index is -1.07. The van der Waals surface area contributed by atoms with E-state index in [0.717, 1.165) is 0 Å². The fourth-order valence-electron chi connectivity index (χ4n) is 1.37. The largest absolute Gasteiger partial charge is 0.478 e. The molecule has 0 atom stereocenters. The molecular weight excluding hydrogens is 262 g/mol. The lowest BCUT2D eigenvalue weighted by molar-refractivity contribution is -0.129. The predicted octanol–water partition coefficient (Wildman–Crippen LogP) is 0.937. The van der Waals surface area contributed by atoms with Crippen LogP contribution >= 0.6 is 0 Å². The molecular formula is C13H17N3O4. The van der Waals surface area contributed by atoms with Crippen LogP contribution in [0.5, 0.6) is 0 Å². The number of hydrogen-bond acceptors (Lipinski definition) is 3. The second kappa shape index (κ2) is 6.55. The minimum Gasteiger partial charge on any atom is -0.478 e. The zero-order valence-corrected chi connectivity index (χ0v) is 11.6. The molecule has 108 valence electrons. The molecule has 7 nitrogen and oxygen atoms in total. The van der Waals surface area contributed by atoms with E-state index in [1.54, 1.807) is 20.2 Å². The number of anilines is 1. The molecule has 0 aliphatic heterocycles. The molecule has 0 saturated heterocycles. The van der Waals surface area contributed by atoms with Gasteiger partial charge in [-0.05, 0) is 18.2 Å². The SMILES string of the molecule is CN(C)C(=O)CN(C)C(=O)Nc1cccc(C(=O)O)c1. The molecule has 1 rings (SSSR count). The van der Waals surface area contributed by atoms with Crippen molar-refractivity contribution in [3.05, 3.63) is 29.8 Å². The number of nitrogens with zero attached hydrogens (tertiary/aromatic N) is 2. The van der Waals surface area contributed by atoms with E-state index in [-0.39, 0.29) is 18.0 Å². The molecule has 0 radical (unpaired) electrons. The first-order valence-corrected chi connectivity index (χ1v) is 5.87. The van der Waals surface area contributed by atoms with Gasteiger partial charge in [0, 0.05) is 26.8 Å². The first kappa shape index (κ1) is 15.5. The van der Waals surface area contributed by atoms with Gasteiger partial charge in [-0.2, -0.15) is 0 Å². The van der Waals surface area contributed by atoms with Gasteiger partial charge in [0.05, 0.1) is 5.56 Å². The van der Waals surface area contributed by atoms with E-state index in [1.807, 2.05) is 0 Å². The van der Waals surface area contributed by atoms with Crippen LogP contribution in [0.4, 0.5) is 10.5 Å². The normalized spacial score (nSPS) is 9.75. The molecule has 1 aromatic carbocycles. The third-order valence-corrected chi connectivity index (χ3v) is 2.58.